The quantitative estimate of drug-likeness (QED) is 0.835. The van der Waals surface area contributed by atoms with Crippen LogP contribution in [0.3, 0.4) is 0 Å². The predicted molar refractivity (Wildman–Crippen MR) is 80.3 cm³/mol. The Kier molecular flexibility index (Phi) is 3.45. The number of nitrogen functional groups attached to an aromatic ring is 1. The topological polar surface area (TPSA) is 38.0 Å². The zero-order valence-electron chi connectivity index (χ0n) is 10.6. The minimum atomic E-state index is 0.582. The van der Waals surface area contributed by atoms with Gasteiger partial charge < -0.3 is 11.1 Å². The van der Waals surface area contributed by atoms with Crippen molar-refractivity contribution < 1.29 is 0 Å². The van der Waals surface area contributed by atoms with Gasteiger partial charge in [0.15, 0.2) is 0 Å². The summed E-state index contributed by atoms with van der Waals surface area (Å²) >= 11 is 6.02. The van der Waals surface area contributed by atoms with Gasteiger partial charge in [0.1, 0.15) is 0 Å². The number of benzene rings is 2. The average Bonchev–Trinajstić information content (AvgIpc) is 3.21. The molecule has 1 saturated carbocycles. The van der Waals surface area contributed by atoms with Crippen LogP contribution < -0.4 is 11.1 Å². The fraction of sp³-hybridized carbons (Fsp3) is 0.250. The Hall–Kier alpha value is -1.51. The van der Waals surface area contributed by atoms with Crippen LogP contribution in [0.25, 0.3) is 0 Å². The highest BCUT2D eigenvalue weighted by Gasteiger charge is 2.37. The molecule has 0 radical (unpaired) electrons. The molecule has 2 aromatic carbocycles. The maximum atomic E-state index is 6.02. The van der Waals surface area contributed by atoms with E-state index >= 15 is 0 Å². The molecule has 2 nitrogen and oxygen atoms in total. The molecule has 0 spiro atoms. The summed E-state index contributed by atoms with van der Waals surface area (Å²) in [6, 6.07) is 17.1. The molecule has 0 bridgehead atoms. The van der Waals surface area contributed by atoms with Gasteiger partial charge in [-0.3, -0.25) is 0 Å². The van der Waals surface area contributed by atoms with Crippen LogP contribution in [-0.2, 0) is 6.54 Å². The van der Waals surface area contributed by atoms with E-state index in [-0.39, 0.29) is 0 Å². The highest BCUT2D eigenvalue weighted by atomic mass is 35.5. The average molecular weight is 273 g/mol. The van der Waals surface area contributed by atoms with Gasteiger partial charge in [-0.2, -0.15) is 0 Å². The summed E-state index contributed by atoms with van der Waals surface area (Å²) in [5.41, 5.74) is 8.95. The molecule has 1 aliphatic carbocycles. The van der Waals surface area contributed by atoms with Crippen LogP contribution in [-0.4, -0.2) is 6.04 Å². The molecule has 0 saturated heterocycles. The maximum absolute atomic E-state index is 6.02. The van der Waals surface area contributed by atoms with Gasteiger partial charge in [0.05, 0.1) is 10.7 Å². The summed E-state index contributed by atoms with van der Waals surface area (Å²) in [5, 5.41) is 4.20. The lowest BCUT2D eigenvalue weighted by Gasteiger charge is -2.06. The molecule has 2 atom stereocenters. The minimum absolute atomic E-state index is 0.582. The normalized spacial score (nSPS) is 21.3. The molecule has 0 aromatic heterocycles. The van der Waals surface area contributed by atoms with Gasteiger partial charge in [-0.1, -0.05) is 48.0 Å². The van der Waals surface area contributed by atoms with E-state index in [0.717, 1.165) is 6.54 Å². The van der Waals surface area contributed by atoms with Crippen LogP contribution >= 0.6 is 11.6 Å². The number of hydrogen-bond acceptors (Lipinski definition) is 2. The second-order valence-corrected chi connectivity index (χ2v) is 5.50. The second-order valence-electron chi connectivity index (χ2n) is 5.10. The molecule has 1 aliphatic rings. The maximum Gasteiger partial charge on any atom is 0.0638 e. The lowest BCUT2D eigenvalue weighted by Crippen LogP contribution is -2.17. The van der Waals surface area contributed by atoms with E-state index < -0.39 is 0 Å². The molecule has 3 N–H and O–H groups in total. The Bertz CT molecular complexity index is 568. The highest BCUT2D eigenvalue weighted by molar-refractivity contribution is 6.33. The molecule has 3 rings (SSSR count). The Morgan fingerprint density at radius 2 is 1.95 bits per heavy atom. The van der Waals surface area contributed by atoms with E-state index in [1.165, 1.54) is 17.5 Å². The summed E-state index contributed by atoms with van der Waals surface area (Å²) in [7, 11) is 0. The van der Waals surface area contributed by atoms with Gasteiger partial charge >= 0.3 is 0 Å². The van der Waals surface area contributed by atoms with Gasteiger partial charge in [-0.15, -0.1) is 0 Å². The van der Waals surface area contributed by atoms with Crippen molar-refractivity contribution in [2.75, 3.05) is 5.73 Å². The van der Waals surface area contributed by atoms with Gasteiger partial charge in [-0.05, 0) is 29.7 Å². The van der Waals surface area contributed by atoms with Crippen LogP contribution in [0.2, 0.25) is 5.02 Å². The van der Waals surface area contributed by atoms with Gasteiger partial charge in [0.25, 0.3) is 0 Å². The van der Waals surface area contributed by atoms with E-state index in [1.807, 2.05) is 18.2 Å². The molecule has 2 aromatic rings. The summed E-state index contributed by atoms with van der Waals surface area (Å²) in [6.07, 6.45) is 1.21. The second kappa shape index (κ2) is 5.24. The van der Waals surface area contributed by atoms with E-state index in [9.17, 15) is 0 Å². The first-order valence-corrected chi connectivity index (χ1v) is 6.94. The smallest absolute Gasteiger partial charge is 0.0638 e. The fourth-order valence-electron chi connectivity index (χ4n) is 2.42. The number of hydrogen-bond donors (Lipinski definition) is 2. The fourth-order valence-corrected chi connectivity index (χ4v) is 2.62. The number of halogens is 1. The van der Waals surface area contributed by atoms with Crippen LogP contribution in [0.5, 0.6) is 0 Å². The summed E-state index contributed by atoms with van der Waals surface area (Å²) in [6.45, 7) is 0.841. The first kappa shape index (κ1) is 12.5. The van der Waals surface area contributed by atoms with Crippen molar-refractivity contribution in [3.05, 3.63) is 64.7 Å². The van der Waals surface area contributed by atoms with E-state index in [1.54, 1.807) is 0 Å². The number of nitrogens with two attached hydrogens (primary N) is 1. The highest BCUT2D eigenvalue weighted by Crippen LogP contribution is 2.40. The lowest BCUT2D eigenvalue weighted by atomic mass is 10.1. The molecule has 0 heterocycles. The minimum Gasteiger partial charge on any atom is -0.398 e. The molecule has 0 aliphatic heterocycles. The third kappa shape index (κ3) is 2.91. The lowest BCUT2D eigenvalue weighted by molar-refractivity contribution is 0.673. The first-order valence-electron chi connectivity index (χ1n) is 6.56. The summed E-state index contributed by atoms with van der Waals surface area (Å²) in [4.78, 5) is 0. The van der Waals surface area contributed by atoms with E-state index in [2.05, 4.69) is 35.6 Å². The first-order chi connectivity index (χ1) is 9.24. The van der Waals surface area contributed by atoms with Crippen molar-refractivity contribution in [2.24, 2.45) is 0 Å². The molecule has 2 unspecified atom stereocenters. The molecule has 19 heavy (non-hydrogen) atoms. The Morgan fingerprint density at radius 1 is 1.16 bits per heavy atom. The monoisotopic (exact) mass is 272 g/mol. The standard InChI is InChI=1S/C16H17ClN2/c17-14-8-11(6-7-15(14)18)10-19-16-9-13(16)12-4-2-1-3-5-12/h1-8,13,16,19H,9-10,18H2. The van der Waals surface area contributed by atoms with Crippen LogP contribution in [0, 0.1) is 0 Å². The van der Waals surface area contributed by atoms with Crippen LogP contribution in [0.15, 0.2) is 48.5 Å². The Balaban J connectivity index is 1.56. The molecule has 98 valence electrons. The van der Waals surface area contributed by atoms with Crippen molar-refractivity contribution in [3.8, 4) is 0 Å². The Morgan fingerprint density at radius 3 is 2.68 bits per heavy atom. The van der Waals surface area contributed by atoms with Crippen molar-refractivity contribution in [2.45, 2.75) is 24.9 Å². The summed E-state index contributed by atoms with van der Waals surface area (Å²) < 4.78 is 0. The number of rotatable bonds is 4. The predicted octanol–water partition coefficient (Wildman–Crippen LogP) is 3.57. The summed E-state index contributed by atoms with van der Waals surface area (Å²) in [5.74, 6) is 0.658. The van der Waals surface area contributed by atoms with E-state index in [4.69, 9.17) is 17.3 Å². The van der Waals surface area contributed by atoms with Crippen molar-refractivity contribution >= 4 is 17.3 Å². The van der Waals surface area contributed by atoms with Gasteiger partial charge in [0, 0.05) is 18.5 Å². The van der Waals surface area contributed by atoms with Gasteiger partial charge in [0.2, 0.25) is 0 Å². The van der Waals surface area contributed by atoms with E-state index in [0.29, 0.717) is 22.7 Å². The van der Waals surface area contributed by atoms with Crippen LogP contribution in [0.4, 0.5) is 5.69 Å². The molecule has 3 heteroatoms. The molecular weight excluding hydrogens is 256 g/mol. The van der Waals surface area contributed by atoms with Crippen molar-refractivity contribution in [1.29, 1.82) is 0 Å². The van der Waals surface area contributed by atoms with Crippen LogP contribution in [0.1, 0.15) is 23.5 Å². The number of nitrogens with one attached hydrogen (secondary N) is 1. The largest absolute Gasteiger partial charge is 0.398 e. The Labute approximate surface area is 118 Å². The zero-order chi connectivity index (χ0) is 13.2. The zero-order valence-corrected chi connectivity index (χ0v) is 11.4. The third-order valence-corrected chi connectivity index (χ3v) is 3.98. The van der Waals surface area contributed by atoms with Crippen molar-refractivity contribution in [3.63, 3.8) is 0 Å². The van der Waals surface area contributed by atoms with Gasteiger partial charge in [-0.25, -0.2) is 0 Å². The molecular formula is C16H17ClN2. The molecule has 0 amide bonds. The SMILES string of the molecule is Nc1ccc(CNC2CC2c2ccccc2)cc1Cl. The number of anilines is 1. The van der Waals surface area contributed by atoms with Crippen molar-refractivity contribution in [1.82, 2.24) is 5.32 Å². The third-order valence-electron chi connectivity index (χ3n) is 3.65. The molecule has 1 fully saturated rings.